The number of nitrogens with one attached hydrogen (secondary N) is 1. The van der Waals surface area contributed by atoms with Gasteiger partial charge in [0.1, 0.15) is 0 Å². The number of alkyl halides is 1. The van der Waals surface area contributed by atoms with E-state index in [1.165, 1.54) is 0 Å². The zero-order valence-electron chi connectivity index (χ0n) is 7.60. The number of rotatable bonds is 6. The Kier molecular flexibility index (Phi) is 7.50. The second kappa shape index (κ2) is 7.55. The van der Waals surface area contributed by atoms with E-state index in [9.17, 15) is 4.79 Å². The molecular formula is C8H16BrNO2. The van der Waals surface area contributed by atoms with Crippen LogP contribution in [0.4, 0.5) is 0 Å². The standard InChI is InChI=1S/C8H16BrNO2/c1-7(9)8(11)10-5-3-4-6-12-2/h7H,3-6H2,1-2H3,(H,10,11). The summed E-state index contributed by atoms with van der Waals surface area (Å²) in [6, 6.07) is 0. The van der Waals surface area contributed by atoms with E-state index in [1.807, 2.05) is 6.92 Å². The first-order chi connectivity index (χ1) is 5.68. The third kappa shape index (κ3) is 6.61. The smallest absolute Gasteiger partial charge is 0.233 e. The molecule has 0 aliphatic rings. The summed E-state index contributed by atoms with van der Waals surface area (Å²) in [6.45, 7) is 3.31. The van der Waals surface area contributed by atoms with Crippen LogP contribution in [-0.4, -0.2) is 31.0 Å². The Labute approximate surface area is 82.0 Å². The molecule has 12 heavy (non-hydrogen) atoms. The fourth-order valence-electron chi connectivity index (χ4n) is 0.724. The largest absolute Gasteiger partial charge is 0.385 e. The van der Waals surface area contributed by atoms with E-state index in [-0.39, 0.29) is 10.7 Å². The van der Waals surface area contributed by atoms with E-state index in [2.05, 4.69) is 21.2 Å². The van der Waals surface area contributed by atoms with E-state index in [4.69, 9.17) is 4.74 Å². The molecule has 0 heterocycles. The number of unbranched alkanes of at least 4 members (excludes halogenated alkanes) is 1. The van der Waals surface area contributed by atoms with Crippen molar-refractivity contribution in [1.29, 1.82) is 0 Å². The summed E-state index contributed by atoms with van der Waals surface area (Å²) in [4.78, 5) is 10.9. The van der Waals surface area contributed by atoms with Gasteiger partial charge in [0.25, 0.3) is 0 Å². The van der Waals surface area contributed by atoms with Gasteiger partial charge in [0.2, 0.25) is 5.91 Å². The molecular weight excluding hydrogens is 222 g/mol. The Hall–Kier alpha value is -0.0900. The molecule has 1 unspecified atom stereocenters. The molecule has 0 rings (SSSR count). The van der Waals surface area contributed by atoms with Crippen LogP contribution in [0.5, 0.6) is 0 Å². The van der Waals surface area contributed by atoms with Gasteiger partial charge in [0.05, 0.1) is 4.83 Å². The molecule has 0 aliphatic heterocycles. The summed E-state index contributed by atoms with van der Waals surface area (Å²) in [7, 11) is 1.68. The van der Waals surface area contributed by atoms with Gasteiger partial charge < -0.3 is 10.1 Å². The van der Waals surface area contributed by atoms with Crippen LogP contribution in [0.1, 0.15) is 19.8 Å². The summed E-state index contributed by atoms with van der Waals surface area (Å²) in [5.41, 5.74) is 0. The second-order valence-corrected chi connectivity index (χ2v) is 3.98. The lowest BCUT2D eigenvalue weighted by Crippen LogP contribution is -2.30. The van der Waals surface area contributed by atoms with E-state index in [0.29, 0.717) is 0 Å². The van der Waals surface area contributed by atoms with E-state index in [1.54, 1.807) is 7.11 Å². The number of carbonyl (C=O) groups is 1. The Bertz CT molecular complexity index is 128. The summed E-state index contributed by atoms with van der Waals surface area (Å²) >= 11 is 3.19. The van der Waals surface area contributed by atoms with Crippen LogP contribution in [0.3, 0.4) is 0 Å². The van der Waals surface area contributed by atoms with Crippen molar-refractivity contribution in [2.45, 2.75) is 24.6 Å². The summed E-state index contributed by atoms with van der Waals surface area (Å²) in [5.74, 6) is 0.0485. The molecule has 0 aromatic carbocycles. The van der Waals surface area contributed by atoms with Gasteiger partial charge in [0, 0.05) is 20.3 Å². The average molecular weight is 238 g/mol. The predicted octanol–water partition coefficient (Wildman–Crippen LogP) is 1.31. The van der Waals surface area contributed by atoms with Crippen LogP contribution in [0.2, 0.25) is 0 Å². The molecule has 1 atom stereocenters. The molecule has 0 saturated carbocycles. The molecule has 0 radical (unpaired) electrons. The molecule has 0 fully saturated rings. The first-order valence-corrected chi connectivity index (χ1v) is 5.00. The SMILES string of the molecule is COCCCCNC(=O)C(C)Br. The quantitative estimate of drug-likeness (QED) is 0.559. The van der Waals surface area contributed by atoms with Crippen molar-refractivity contribution in [3.63, 3.8) is 0 Å². The summed E-state index contributed by atoms with van der Waals surface area (Å²) in [5, 5.41) is 2.80. The van der Waals surface area contributed by atoms with E-state index >= 15 is 0 Å². The van der Waals surface area contributed by atoms with Crippen molar-refractivity contribution in [3.8, 4) is 0 Å². The monoisotopic (exact) mass is 237 g/mol. The summed E-state index contributed by atoms with van der Waals surface area (Å²) < 4.78 is 4.87. The highest BCUT2D eigenvalue weighted by atomic mass is 79.9. The zero-order chi connectivity index (χ0) is 9.40. The molecule has 0 saturated heterocycles. The highest BCUT2D eigenvalue weighted by Crippen LogP contribution is 1.96. The molecule has 0 aliphatic carbocycles. The van der Waals surface area contributed by atoms with Crippen LogP contribution in [0, 0.1) is 0 Å². The van der Waals surface area contributed by atoms with Crippen molar-refractivity contribution in [3.05, 3.63) is 0 Å². The number of methoxy groups -OCH3 is 1. The minimum atomic E-state index is -0.0973. The van der Waals surface area contributed by atoms with Gasteiger partial charge in [-0.3, -0.25) is 4.79 Å². The minimum absolute atomic E-state index is 0.0485. The van der Waals surface area contributed by atoms with Crippen LogP contribution >= 0.6 is 15.9 Å². The number of hydrogen-bond donors (Lipinski definition) is 1. The normalized spacial score (nSPS) is 12.6. The Morgan fingerprint density at radius 2 is 2.25 bits per heavy atom. The van der Waals surface area contributed by atoms with Gasteiger partial charge in [-0.25, -0.2) is 0 Å². The highest BCUT2D eigenvalue weighted by Gasteiger charge is 2.05. The van der Waals surface area contributed by atoms with E-state index in [0.717, 1.165) is 26.0 Å². The lowest BCUT2D eigenvalue weighted by molar-refractivity contribution is -0.120. The van der Waals surface area contributed by atoms with Crippen molar-refractivity contribution in [2.75, 3.05) is 20.3 Å². The molecule has 3 nitrogen and oxygen atoms in total. The lowest BCUT2D eigenvalue weighted by atomic mass is 10.3. The topological polar surface area (TPSA) is 38.3 Å². The lowest BCUT2D eigenvalue weighted by Gasteiger charge is -2.05. The van der Waals surface area contributed by atoms with Gasteiger partial charge in [-0.1, -0.05) is 15.9 Å². The van der Waals surface area contributed by atoms with Gasteiger partial charge in [-0.2, -0.15) is 0 Å². The summed E-state index contributed by atoms with van der Waals surface area (Å²) in [6.07, 6.45) is 1.97. The second-order valence-electron chi connectivity index (χ2n) is 2.61. The van der Waals surface area contributed by atoms with Gasteiger partial charge in [-0.15, -0.1) is 0 Å². The van der Waals surface area contributed by atoms with Crippen LogP contribution in [0.15, 0.2) is 0 Å². The maximum absolute atomic E-state index is 11.0. The third-order valence-corrected chi connectivity index (χ3v) is 1.85. The van der Waals surface area contributed by atoms with Gasteiger partial charge >= 0.3 is 0 Å². The fourth-order valence-corrected chi connectivity index (χ4v) is 0.885. The Morgan fingerprint density at radius 3 is 2.75 bits per heavy atom. The van der Waals surface area contributed by atoms with Crippen molar-refractivity contribution in [1.82, 2.24) is 5.32 Å². The maximum atomic E-state index is 11.0. The third-order valence-electron chi connectivity index (χ3n) is 1.44. The van der Waals surface area contributed by atoms with Gasteiger partial charge in [-0.05, 0) is 19.8 Å². The van der Waals surface area contributed by atoms with Crippen LogP contribution in [-0.2, 0) is 9.53 Å². The van der Waals surface area contributed by atoms with Gasteiger partial charge in [0.15, 0.2) is 0 Å². The molecule has 4 heteroatoms. The Morgan fingerprint density at radius 1 is 1.58 bits per heavy atom. The molecule has 1 N–H and O–H groups in total. The average Bonchev–Trinajstić information content (AvgIpc) is 2.03. The fraction of sp³-hybridized carbons (Fsp3) is 0.875. The zero-order valence-corrected chi connectivity index (χ0v) is 9.19. The molecule has 0 spiro atoms. The maximum Gasteiger partial charge on any atom is 0.233 e. The number of halogens is 1. The van der Waals surface area contributed by atoms with Crippen LogP contribution in [0.25, 0.3) is 0 Å². The highest BCUT2D eigenvalue weighted by molar-refractivity contribution is 9.10. The molecule has 0 bridgehead atoms. The van der Waals surface area contributed by atoms with Crippen molar-refractivity contribution in [2.24, 2.45) is 0 Å². The first-order valence-electron chi connectivity index (χ1n) is 4.09. The van der Waals surface area contributed by atoms with Crippen molar-refractivity contribution < 1.29 is 9.53 Å². The molecule has 0 aromatic heterocycles. The Balaban J connectivity index is 3.14. The minimum Gasteiger partial charge on any atom is -0.385 e. The number of carbonyl (C=O) groups excluding carboxylic acids is 1. The molecule has 0 aromatic rings. The predicted molar refractivity (Wildman–Crippen MR) is 52.5 cm³/mol. The molecule has 72 valence electrons. The van der Waals surface area contributed by atoms with E-state index < -0.39 is 0 Å². The first kappa shape index (κ1) is 11.9. The van der Waals surface area contributed by atoms with Crippen LogP contribution < -0.4 is 5.32 Å². The van der Waals surface area contributed by atoms with Crippen molar-refractivity contribution >= 4 is 21.8 Å². The number of amides is 1. The number of ether oxygens (including phenoxy) is 1. The molecule has 1 amide bonds. The number of hydrogen-bond acceptors (Lipinski definition) is 2.